The van der Waals surface area contributed by atoms with E-state index in [-0.39, 0.29) is 5.82 Å². The average molecular weight is 387 g/mol. The van der Waals surface area contributed by atoms with Gasteiger partial charge >= 0.3 is 0 Å². The number of pyridine rings is 2. The molecule has 6 heteroatoms. The van der Waals surface area contributed by atoms with Gasteiger partial charge in [0, 0.05) is 55.4 Å². The fourth-order valence-corrected chi connectivity index (χ4v) is 3.90. The van der Waals surface area contributed by atoms with Crippen molar-refractivity contribution in [1.82, 2.24) is 24.8 Å². The fourth-order valence-electron chi connectivity index (χ4n) is 3.90. The van der Waals surface area contributed by atoms with Gasteiger partial charge < -0.3 is 10.2 Å². The summed E-state index contributed by atoms with van der Waals surface area (Å²) in [7, 11) is 2.13. The molecule has 146 valence electrons. The lowest BCUT2D eigenvalue weighted by molar-refractivity contribution is 0.161. The monoisotopic (exact) mass is 387 g/mol. The zero-order valence-corrected chi connectivity index (χ0v) is 16.2. The summed E-state index contributed by atoms with van der Waals surface area (Å²) >= 11 is 0. The van der Waals surface area contributed by atoms with E-state index in [2.05, 4.69) is 40.6 Å². The molecule has 1 fully saturated rings. The highest BCUT2D eigenvalue weighted by Gasteiger charge is 2.22. The van der Waals surface area contributed by atoms with Crippen LogP contribution in [0.1, 0.15) is 5.56 Å². The van der Waals surface area contributed by atoms with Crippen LogP contribution in [0.15, 0.2) is 67.1 Å². The van der Waals surface area contributed by atoms with Crippen molar-refractivity contribution in [2.24, 2.45) is 0 Å². The van der Waals surface area contributed by atoms with E-state index in [1.165, 1.54) is 17.7 Å². The number of halogens is 1. The number of aromatic nitrogens is 3. The minimum atomic E-state index is -0.252. The maximum atomic E-state index is 13.4. The standard InChI is InChI=1S/C23H22FN5/c1-28-14-20(15-28)26-12-16-2-7-21-22(17-8-10-25-11-9-17)23(27-29(21)13-16)18-3-5-19(24)6-4-18/h2-11,13,20,26H,12,14-15H2,1H3. The summed E-state index contributed by atoms with van der Waals surface area (Å²) in [6.45, 7) is 2.99. The van der Waals surface area contributed by atoms with Crippen molar-refractivity contribution in [2.75, 3.05) is 20.1 Å². The third-order valence-electron chi connectivity index (χ3n) is 5.44. The first-order chi connectivity index (χ1) is 14.2. The molecule has 1 saturated heterocycles. The molecule has 0 radical (unpaired) electrons. The molecule has 1 aromatic carbocycles. The van der Waals surface area contributed by atoms with E-state index >= 15 is 0 Å². The van der Waals surface area contributed by atoms with Crippen molar-refractivity contribution in [2.45, 2.75) is 12.6 Å². The molecule has 29 heavy (non-hydrogen) atoms. The zero-order valence-electron chi connectivity index (χ0n) is 16.2. The van der Waals surface area contributed by atoms with E-state index < -0.39 is 0 Å². The summed E-state index contributed by atoms with van der Waals surface area (Å²) in [5.74, 6) is -0.252. The van der Waals surface area contributed by atoms with Crippen LogP contribution >= 0.6 is 0 Å². The first kappa shape index (κ1) is 18.0. The topological polar surface area (TPSA) is 45.5 Å². The number of fused-ring (bicyclic) bond motifs is 1. The van der Waals surface area contributed by atoms with Crippen LogP contribution < -0.4 is 5.32 Å². The summed E-state index contributed by atoms with van der Waals surface area (Å²) in [5.41, 5.74) is 5.99. The first-order valence-corrected chi connectivity index (χ1v) is 9.77. The van der Waals surface area contributed by atoms with Crippen LogP contribution in [-0.4, -0.2) is 45.7 Å². The Morgan fingerprint density at radius 3 is 2.48 bits per heavy atom. The van der Waals surface area contributed by atoms with Gasteiger partial charge in [-0.1, -0.05) is 6.07 Å². The third-order valence-corrected chi connectivity index (χ3v) is 5.44. The van der Waals surface area contributed by atoms with Gasteiger partial charge in [-0.2, -0.15) is 5.10 Å². The van der Waals surface area contributed by atoms with E-state index in [9.17, 15) is 4.39 Å². The summed E-state index contributed by atoms with van der Waals surface area (Å²) < 4.78 is 15.4. The predicted octanol–water partition coefficient (Wildman–Crippen LogP) is 3.61. The summed E-state index contributed by atoms with van der Waals surface area (Å²) in [4.78, 5) is 6.43. The molecule has 1 aliphatic heterocycles. The molecule has 0 bridgehead atoms. The smallest absolute Gasteiger partial charge is 0.123 e. The molecule has 0 saturated carbocycles. The Morgan fingerprint density at radius 1 is 1.00 bits per heavy atom. The second-order valence-electron chi connectivity index (χ2n) is 7.63. The number of likely N-dealkylation sites (N-methyl/N-ethyl adjacent to an activating group) is 1. The number of hydrogen-bond donors (Lipinski definition) is 1. The Balaban J connectivity index is 1.55. The molecule has 0 aliphatic carbocycles. The molecular weight excluding hydrogens is 365 g/mol. The number of nitrogens with zero attached hydrogens (tertiary/aromatic N) is 4. The highest BCUT2D eigenvalue weighted by molar-refractivity contribution is 5.92. The van der Waals surface area contributed by atoms with Crippen LogP contribution in [0.2, 0.25) is 0 Å². The van der Waals surface area contributed by atoms with Gasteiger partial charge in [0.15, 0.2) is 0 Å². The largest absolute Gasteiger partial charge is 0.307 e. The molecule has 0 amide bonds. The quantitative estimate of drug-likeness (QED) is 0.568. The van der Waals surface area contributed by atoms with Gasteiger partial charge in [0.1, 0.15) is 11.5 Å². The Morgan fingerprint density at radius 2 is 1.76 bits per heavy atom. The number of hydrogen-bond acceptors (Lipinski definition) is 4. The number of likely N-dealkylation sites (tertiary alicyclic amines) is 1. The summed E-state index contributed by atoms with van der Waals surface area (Å²) in [5, 5.41) is 8.45. The lowest BCUT2D eigenvalue weighted by Crippen LogP contribution is -2.55. The van der Waals surface area contributed by atoms with E-state index in [0.717, 1.165) is 47.5 Å². The van der Waals surface area contributed by atoms with Gasteiger partial charge in [-0.15, -0.1) is 0 Å². The summed E-state index contributed by atoms with van der Waals surface area (Å²) in [6, 6.07) is 15.3. The van der Waals surface area contributed by atoms with E-state index in [1.54, 1.807) is 24.5 Å². The average Bonchev–Trinajstić information content (AvgIpc) is 3.10. The van der Waals surface area contributed by atoms with Crippen LogP contribution in [0.4, 0.5) is 4.39 Å². The van der Waals surface area contributed by atoms with Gasteiger partial charge in [0.25, 0.3) is 0 Å². The van der Waals surface area contributed by atoms with Crippen LogP contribution in [0.5, 0.6) is 0 Å². The van der Waals surface area contributed by atoms with Crippen LogP contribution in [0.3, 0.4) is 0 Å². The van der Waals surface area contributed by atoms with Crippen molar-refractivity contribution in [3.63, 3.8) is 0 Å². The van der Waals surface area contributed by atoms with Crippen LogP contribution in [0.25, 0.3) is 27.9 Å². The Labute approximate surface area is 168 Å². The first-order valence-electron chi connectivity index (χ1n) is 9.77. The highest BCUT2D eigenvalue weighted by atomic mass is 19.1. The maximum absolute atomic E-state index is 13.4. The Bertz CT molecular complexity index is 1130. The fraction of sp³-hybridized carbons (Fsp3) is 0.217. The lowest BCUT2D eigenvalue weighted by Gasteiger charge is -2.36. The molecule has 1 N–H and O–H groups in total. The maximum Gasteiger partial charge on any atom is 0.123 e. The van der Waals surface area contributed by atoms with Crippen molar-refractivity contribution in [1.29, 1.82) is 0 Å². The van der Waals surface area contributed by atoms with Crippen molar-refractivity contribution in [3.05, 3.63) is 78.5 Å². The molecule has 5 nitrogen and oxygen atoms in total. The highest BCUT2D eigenvalue weighted by Crippen LogP contribution is 2.35. The zero-order chi connectivity index (χ0) is 19.8. The molecule has 5 rings (SSSR count). The minimum Gasteiger partial charge on any atom is -0.307 e. The number of benzene rings is 1. The molecule has 4 heterocycles. The van der Waals surface area contributed by atoms with Gasteiger partial charge in [-0.05, 0) is 60.6 Å². The van der Waals surface area contributed by atoms with Crippen molar-refractivity contribution in [3.8, 4) is 22.4 Å². The van der Waals surface area contributed by atoms with Crippen molar-refractivity contribution < 1.29 is 4.39 Å². The predicted molar refractivity (Wildman–Crippen MR) is 112 cm³/mol. The normalized spacial score (nSPS) is 15.0. The third kappa shape index (κ3) is 3.52. The SMILES string of the molecule is CN1CC(NCc2ccc3c(-c4ccncc4)c(-c4ccc(F)cc4)nn3c2)C1. The molecule has 0 unspecified atom stereocenters. The van der Waals surface area contributed by atoms with E-state index in [4.69, 9.17) is 5.10 Å². The molecule has 0 atom stereocenters. The molecule has 4 aromatic rings. The molecule has 1 aliphatic rings. The summed E-state index contributed by atoms with van der Waals surface area (Å²) in [6.07, 6.45) is 5.63. The molecular formula is C23H22FN5. The van der Waals surface area contributed by atoms with Gasteiger partial charge in [0.05, 0.1) is 5.52 Å². The molecule has 3 aromatic heterocycles. The molecule has 0 spiro atoms. The van der Waals surface area contributed by atoms with Crippen LogP contribution in [0, 0.1) is 5.82 Å². The Hall–Kier alpha value is -3.09. The second kappa shape index (κ2) is 7.39. The minimum absolute atomic E-state index is 0.252. The van der Waals surface area contributed by atoms with Gasteiger partial charge in [0.2, 0.25) is 0 Å². The number of rotatable bonds is 5. The number of nitrogens with one attached hydrogen (secondary N) is 1. The van der Waals surface area contributed by atoms with Gasteiger partial charge in [-0.3, -0.25) is 4.98 Å². The van der Waals surface area contributed by atoms with Crippen molar-refractivity contribution >= 4 is 5.52 Å². The lowest BCUT2D eigenvalue weighted by atomic mass is 10.0. The Kier molecular flexibility index (Phi) is 4.58. The van der Waals surface area contributed by atoms with Crippen LogP contribution in [-0.2, 0) is 6.54 Å². The van der Waals surface area contributed by atoms with Gasteiger partial charge in [-0.25, -0.2) is 8.91 Å². The van der Waals surface area contributed by atoms with E-state index in [1.807, 2.05) is 16.6 Å². The second-order valence-corrected chi connectivity index (χ2v) is 7.63. The van der Waals surface area contributed by atoms with E-state index in [0.29, 0.717) is 6.04 Å².